The van der Waals surface area contributed by atoms with Gasteiger partial charge in [0.15, 0.2) is 37.4 Å². The molecule has 4 saturated heterocycles. The summed E-state index contributed by atoms with van der Waals surface area (Å²) in [5, 5.41) is 128. The molecule has 4 heterocycles. The minimum absolute atomic E-state index is 0.761. The molecule has 53 heavy (non-hydrogen) atoms. The van der Waals surface area contributed by atoms with Gasteiger partial charge < -0.3 is 105 Å². The van der Waals surface area contributed by atoms with Crippen LogP contribution < -0.4 is 10.6 Å². The maximum absolute atomic E-state index is 12.4. The van der Waals surface area contributed by atoms with Gasteiger partial charge in [-0.2, -0.15) is 0 Å². The number of carbonyl (C=O) groups is 4. The highest BCUT2D eigenvalue weighted by atomic mass is 16.8. The van der Waals surface area contributed by atoms with Crippen molar-refractivity contribution < 1.29 is 114 Å². The maximum atomic E-state index is 12.4. The summed E-state index contributed by atoms with van der Waals surface area (Å²) in [6.45, 7) is 0.0834. The van der Waals surface area contributed by atoms with Crippen molar-refractivity contribution in [2.45, 2.75) is 137 Å². The standard InChI is InChI=1S/C28H44N2O23/c1-5(33)29-9-12(36)11(35)7(3-31)47-26(9)52-20-15(39)17(41)28(53-22(20)24(44)45)50-18-8(4-32)48-27(10(13(18)37)30-6(2)34)51-19-14(38)16(40)25(46)49-21(19)23(42)43/h7-22,25-28,31-32,35-41,46H,3-4H2,1-2H3,(H,29,33)(H,30,34)(H,42,43)(H,44,45). The smallest absolute Gasteiger partial charge is 0.335 e. The molecule has 0 spiro atoms. The molecule has 25 nitrogen and oxygen atoms in total. The minimum Gasteiger partial charge on any atom is -0.479 e. The van der Waals surface area contributed by atoms with Gasteiger partial charge in [0.25, 0.3) is 0 Å². The molecule has 0 aromatic carbocycles. The van der Waals surface area contributed by atoms with E-state index >= 15 is 0 Å². The van der Waals surface area contributed by atoms with E-state index in [4.69, 9.17) is 33.2 Å². The lowest BCUT2D eigenvalue weighted by molar-refractivity contribution is -0.370. The highest BCUT2D eigenvalue weighted by Crippen LogP contribution is 2.34. The molecule has 4 aliphatic heterocycles. The van der Waals surface area contributed by atoms with Crippen LogP contribution in [0.15, 0.2) is 0 Å². The third kappa shape index (κ3) is 9.19. The van der Waals surface area contributed by atoms with E-state index < -0.39 is 160 Å². The van der Waals surface area contributed by atoms with Crippen molar-refractivity contribution in [1.29, 1.82) is 0 Å². The molecule has 0 aromatic heterocycles. The number of carboxylic acid groups (broad SMARTS) is 2. The molecule has 20 unspecified atom stereocenters. The van der Waals surface area contributed by atoms with Crippen molar-refractivity contribution in [1.82, 2.24) is 10.6 Å². The first kappa shape index (κ1) is 42.9. The Morgan fingerprint density at radius 1 is 0.509 bits per heavy atom. The Bertz CT molecular complexity index is 1300. The van der Waals surface area contributed by atoms with Crippen LogP contribution in [0, 0.1) is 0 Å². The highest BCUT2D eigenvalue weighted by Gasteiger charge is 2.57. The highest BCUT2D eigenvalue weighted by molar-refractivity contribution is 5.74. The number of nitrogens with one attached hydrogen (secondary N) is 2. The molecule has 0 aromatic rings. The molecule has 4 fully saturated rings. The molecule has 0 aliphatic carbocycles. The van der Waals surface area contributed by atoms with Crippen molar-refractivity contribution in [3.63, 3.8) is 0 Å². The van der Waals surface area contributed by atoms with E-state index in [-0.39, 0.29) is 0 Å². The van der Waals surface area contributed by atoms with Crippen molar-refractivity contribution in [2.75, 3.05) is 13.2 Å². The third-order valence-corrected chi connectivity index (χ3v) is 8.94. The Hall–Kier alpha value is -2.80. The van der Waals surface area contributed by atoms with Crippen molar-refractivity contribution >= 4 is 23.8 Å². The summed E-state index contributed by atoms with van der Waals surface area (Å²) in [5.41, 5.74) is 0. The van der Waals surface area contributed by atoms with Gasteiger partial charge >= 0.3 is 11.9 Å². The van der Waals surface area contributed by atoms with Crippen LogP contribution in [0.4, 0.5) is 0 Å². The first-order valence-corrected chi connectivity index (χ1v) is 16.1. The van der Waals surface area contributed by atoms with Crippen LogP contribution in [0.2, 0.25) is 0 Å². The second-order valence-corrected chi connectivity index (χ2v) is 12.7. The largest absolute Gasteiger partial charge is 0.479 e. The van der Waals surface area contributed by atoms with E-state index in [9.17, 15) is 80.5 Å². The number of rotatable bonds is 12. The average Bonchev–Trinajstić information content (AvgIpc) is 3.09. The van der Waals surface area contributed by atoms with Gasteiger partial charge in [-0.25, -0.2) is 9.59 Å². The summed E-state index contributed by atoms with van der Waals surface area (Å²) in [7, 11) is 0. The molecule has 20 atom stereocenters. The summed E-state index contributed by atoms with van der Waals surface area (Å²) in [6, 6.07) is -3.36. The predicted molar refractivity (Wildman–Crippen MR) is 158 cm³/mol. The Kier molecular flexibility index (Phi) is 14.4. The molecule has 25 heteroatoms. The Labute approximate surface area is 298 Å². The number of carbonyl (C=O) groups excluding carboxylic acids is 2. The lowest BCUT2D eigenvalue weighted by atomic mass is 9.94. The Morgan fingerprint density at radius 3 is 1.42 bits per heavy atom. The normalized spacial score (nSPS) is 46.3. The quantitative estimate of drug-likeness (QED) is 0.0875. The van der Waals surface area contributed by atoms with Crippen molar-refractivity contribution in [3.05, 3.63) is 0 Å². The van der Waals surface area contributed by atoms with Crippen LogP contribution in [0.3, 0.4) is 0 Å². The molecule has 0 radical (unpaired) electrons. The molecule has 14 N–H and O–H groups in total. The third-order valence-electron chi connectivity index (χ3n) is 8.94. The van der Waals surface area contributed by atoms with Crippen LogP contribution in [0.5, 0.6) is 0 Å². The molecule has 4 rings (SSSR count). The van der Waals surface area contributed by atoms with Gasteiger partial charge in [0, 0.05) is 13.8 Å². The number of ether oxygens (including phenoxy) is 7. The van der Waals surface area contributed by atoms with Crippen LogP contribution >= 0.6 is 0 Å². The van der Waals surface area contributed by atoms with E-state index in [2.05, 4.69) is 10.6 Å². The molecule has 304 valence electrons. The molecular weight excluding hydrogens is 732 g/mol. The zero-order valence-corrected chi connectivity index (χ0v) is 27.8. The number of amides is 2. The van der Waals surface area contributed by atoms with Crippen molar-refractivity contribution in [3.8, 4) is 0 Å². The van der Waals surface area contributed by atoms with Gasteiger partial charge in [-0.1, -0.05) is 0 Å². The summed E-state index contributed by atoms with van der Waals surface area (Å²) in [4.78, 5) is 48.1. The van der Waals surface area contributed by atoms with Gasteiger partial charge in [-0.05, 0) is 0 Å². The second-order valence-electron chi connectivity index (χ2n) is 12.7. The number of aliphatic hydroxyl groups is 10. The fourth-order valence-electron chi connectivity index (χ4n) is 6.29. The number of carboxylic acids is 2. The van der Waals surface area contributed by atoms with E-state index in [1.54, 1.807) is 0 Å². The summed E-state index contributed by atoms with van der Waals surface area (Å²) in [6.07, 6.45) is -36.1. The molecule has 2 amide bonds. The van der Waals surface area contributed by atoms with Crippen molar-refractivity contribution in [2.24, 2.45) is 0 Å². The lowest BCUT2D eigenvalue weighted by Crippen LogP contribution is -2.70. The minimum atomic E-state index is -2.26. The Balaban J connectivity index is 1.57. The number of aliphatic carboxylic acids is 2. The fourth-order valence-corrected chi connectivity index (χ4v) is 6.29. The zero-order chi connectivity index (χ0) is 39.6. The topological polar surface area (TPSA) is 400 Å². The number of aliphatic hydroxyl groups excluding tert-OH is 10. The fraction of sp³-hybridized carbons (Fsp3) is 0.857. The van der Waals surface area contributed by atoms with Crippen LogP contribution in [0.1, 0.15) is 13.8 Å². The number of hydrogen-bond acceptors (Lipinski definition) is 21. The van der Waals surface area contributed by atoms with E-state index in [0.717, 1.165) is 13.8 Å². The SMILES string of the molecule is CC(=O)NC1C(OC2C(C(=O)O)OC(OC3C(CO)OC(OC4C(C(=O)O)OC(O)C(O)C4O)C(NC(C)=O)C3O)C(O)C2O)OC(CO)C(O)C1O. The van der Waals surface area contributed by atoms with Gasteiger partial charge in [-0.15, -0.1) is 0 Å². The first-order valence-electron chi connectivity index (χ1n) is 16.1. The molecule has 0 bridgehead atoms. The monoisotopic (exact) mass is 776 g/mol. The Morgan fingerprint density at radius 2 is 0.943 bits per heavy atom. The summed E-state index contributed by atoms with van der Waals surface area (Å²) in [5.74, 6) is -5.22. The maximum Gasteiger partial charge on any atom is 0.335 e. The first-order chi connectivity index (χ1) is 24.8. The zero-order valence-electron chi connectivity index (χ0n) is 27.8. The van der Waals surface area contributed by atoms with E-state index in [1.807, 2.05) is 0 Å². The second kappa shape index (κ2) is 17.8. The summed E-state index contributed by atoms with van der Waals surface area (Å²) < 4.78 is 38.0. The number of hydrogen-bond donors (Lipinski definition) is 14. The predicted octanol–water partition coefficient (Wildman–Crippen LogP) is -9.28. The summed E-state index contributed by atoms with van der Waals surface area (Å²) >= 11 is 0. The lowest BCUT2D eigenvalue weighted by Gasteiger charge is -2.49. The van der Waals surface area contributed by atoms with Gasteiger partial charge in [0.1, 0.15) is 85.3 Å². The molecular formula is C28H44N2O23. The average molecular weight is 777 g/mol. The van der Waals surface area contributed by atoms with E-state index in [0.29, 0.717) is 0 Å². The van der Waals surface area contributed by atoms with Gasteiger partial charge in [0.2, 0.25) is 11.8 Å². The van der Waals surface area contributed by atoms with Gasteiger partial charge in [-0.3, -0.25) is 9.59 Å². The molecule has 4 aliphatic rings. The molecule has 0 saturated carbocycles. The van der Waals surface area contributed by atoms with E-state index in [1.165, 1.54) is 0 Å². The van der Waals surface area contributed by atoms with Crippen LogP contribution in [0.25, 0.3) is 0 Å². The van der Waals surface area contributed by atoms with Gasteiger partial charge in [0.05, 0.1) is 13.2 Å². The van der Waals surface area contributed by atoms with Crippen LogP contribution in [-0.2, 0) is 52.3 Å². The van der Waals surface area contributed by atoms with Crippen LogP contribution in [-0.4, -0.2) is 221 Å².